The molecule has 0 heterocycles. The van der Waals surface area contributed by atoms with Crippen molar-refractivity contribution in [3.8, 4) is 12.3 Å². The molecule has 0 aliphatic carbocycles. The molecular formula is C14H19N. The quantitative estimate of drug-likeness (QED) is 0.662. The van der Waals surface area contributed by atoms with Crippen molar-refractivity contribution in [2.45, 2.75) is 32.9 Å². The number of benzene rings is 1. The Morgan fingerprint density at radius 2 is 1.93 bits per heavy atom. The summed E-state index contributed by atoms with van der Waals surface area (Å²) in [6, 6.07) is 11.1. The van der Waals surface area contributed by atoms with Gasteiger partial charge in [0.25, 0.3) is 0 Å². The van der Waals surface area contributed by atoms with Gasteiger partial charge in [-0.3, -0.25) is 4.90 Å². The molecular weight excluding hydrogens is 182 g/mol. The van der Waals surface area contributed by atoms with Crippen molar-refractivity contribution in [1.29, 1.82) is 0 Å². The van der Waals surface area contributed by atoms with Crippen LogP contribution in [0.5, 0.6) is 0 Å². The smallest absolute Gasteiger partial charge is 0.0236 e. The largest absolute Gasteiger partial charge is 0.296 e. The second kappa shape index (κ2) is 6.27. The van der Waals surface area contributed by atoms with Gasteiger partial charge in [-0.15, -0.1) is 12.3 Å². The van der Waals surface area contributed by atoms with Crippen LogP contribution in [0.1, 0.15) is 25.8 Å². The lowest BCUT2D eigenvalue weighted by molar-refractivity contribution is 0.218. The van der Waals surface area contributed by atoms with Gasteiger partial charge in [0.05, 0.1) is 0 Å². The number of hydrogen-bond donors (Lipinski definition) is 0. The highest BCUT2D eigenvalue weighted by molar-refractivity contribution is 5.14. The molecule has 0 radical (unpaired) electrons. The maximum atomic E-state index is 5.29. The van der Waals surface area contributed by atoms with Crippen LogP contribution in [0.3, 0.4) is 0 Å². The van der Waals surface area contributed by atoms with Gasteiger partial charge in [0.15, 0.2) is 0 Å². The third-order valence-electron chi connectivity index (χ3n) is 2.50. The molecule has 1 nitrogen and oxygen atoms in total. The van der Waals surface area contributed by atoms with Crippen molar-refractivity contribution >= 4 is 0 Å². The molecule has 0 N–H and O–H groups in total. The Bertz CT molecular complexity index is 308. The summed E-state index contributed by atoms with van der Waals surface area (Å²) in [7, 11) is 0. The molecule has 15 heavy (non-hydrogen) atoms. The molecule has 1 aromatic rings. The summed E-state index contributed by atoms with van der Waals surface area (Å²) < 4.78 is 0. The molecule has 0 aliphatic rings. The van der Waals surface area contributed by atoms with Crippen LogP contribution >= 0.6 is 0 Å². The van der Waals surface area contributed by atoms with E-state index < -0.39 is 0 Å². The second-order valence-corrected chi connectivity index (χ2v) is 4.00. The topological polar surface area (TPSA) is 3.24 Å². The average molecular weight is 201 g/mol. The number of hydrogen-bond acceptors (Lipinski definition) is 1. The van der Waals surface area contributed by atoms with Gasteiger partial charge in [0.2, 0.25) is 0 Å². The zero-order chi connectivity index (χ0) is 11.1. The molecule has 1 heteroatoms. The van der Waals surface area contributed by atoms with E-state index in [1.807, 2.05) is 6.07 Å². The van der Waals surface area contributed by atoms with E-state index in [9.17, 15) is 0 Å². The predicted octanol–water partition coefficient (Wildman–Crippen LogP) is 2.92. The van der Waals surface area contributed by atoms with E-state index in [0.717, 1.165) is 19.5 Å². The van der Waals surface area contributed by atoms with Crippen LogP contribution in [-0.2, 0) is 6.54 Å². The summed E-state index contributed by atoms with van der Waals surface area (Å²) in [4.78, 5) is 2.40. The fourth-order valence-corrected chi connectivity index (χ4v) is 1.55. The first-order valence-corrected chi connectivity index (χ1v) is 5.45. The zero-order valence-electron chi connectivity index (χ0n) is 9.61. The Kier molecular flexibility index (Phi) is 4.93. The van der Waals surface area contributed by atoms with Gasteiger partial charge in [-0.1, -0.05) is 30.3 Å². The number of rotatable bonds is 5. The molecule has 0 saturated heterocycles. The molecule has 1 aromatic carbocycles. The molecule has 0 unspecified atom stereocenters. The lowest BCUT2D eigenvalue weighted by atomic mass is 10.2. The first-order chi connectivity index (χ1) is 7.24. The van der Waals surface area contributed by atoms with Crippen LogP contribution in [0, 0.1) is 12.3 Å². The third kappa shape index (κ3) is 4.18. The van der Waals surface area contributed by atoms with E-state index in [1.165, 1.54) is 5.56 Å². The summed E-state index contributed by atoms with van der Waals surface area (Å²) in [6.07, 6.45) is 6.12. The van der Waals surface area contributed by atoms with E-state index in [0.29, 0.717) is 6.04 Å². The van der Waals surface area contributed by atoms with Gasteiger partial charge in [-0.05, 0) is 19.4 Å². The molecule has 0 bridgehead atoms. The van der Waals surface area contributed by atoms with E-state index >= 15 is 0 Å². The van der Waals surface area contributed by atoms with Gasteiger partial charge in [-0.2, -0.15) is 0 Å². The summed E-state index contributed by atoms with van der Waals surface area (Å²) in [5.74, 6) is 2.70. The summed E-state index contributed by atoms with van der Waals surface area (Å²) in [6.45, 7) is 6.38. The minimum absolute atomic E-state index is 0.540. The second-order valence-electron chi connectivity index (χ2n) is 4.00. The van der Waals surface area contributed by atoms with E-state index in [-0.39, 0.29) is 0 Å². The van der Waals surface area contributed by atoms with E-state index in [1.54, 1.807) is 0 Å². The minimum Gasteiger partial charge on any atom is -0.296 e. The SMILES string of the molecule is C#CCCN(Cc1ccccc1)C(C)C. The monoisotopic (exact) mass is 201 g/mol. The molecule has 80 valence electrons. The first-order valence-electron chi connectivity index (χ1n) is 5.45. The van der Waals surface area contributed by atoms with Crippen LogP contribution in [0.2, 0.25) is 0 Å². The molecule has 1 rings (SSSR count). The third-order valence-corrected chi connectivity index (χ3v) is 2.50. The highest BCUT2D eigenvalue weighted by Crippen LogP contribution is 2.08. The van der Waals surface area contributed by atoms with Crippen molar-refractivity contribution in [2.75, 3.05) is 6.54 Å². The Morgan fingerprint density at radius 1 is 1.27 bits per heavy atom. The normalized spacial score (nSPS) is 10.6. The maximum absolute atomic E-state index is 5.29. The van der Waals surface area contributed by atoms with Crippen LogP contribution in [0.25, 0.3) is 0 Å². The standard InChI is InChI=1S/C14H19N/c1-4-5-11-15(13(2)3)12-14-9-7-6-8-10-14/h1,6-10,13H,5,11-12H2,2-3H3. The predicted molar refractivity (Wildman–Crippen MR) is 65.4 cm³/mol. The fourth-order valence-electron chi connectivity index (χ4n) is 1.55. The zero-order valence-corrected chi connectivity index (χ0v) is 9.61. The summed E-state index contributed by atoms with van der Waals surface area (Å²) >= 11 is 0. The number of nitrogens with zero attached hydrogens (tertiary/aromatic N) is 1. The maximum Gasteiger partial charge on any atom is 0.0236 e. The average Bonchev–Trinajstić information content (AvgIpc) is 2.25. The van der Waals surface area contributed by atoms with Crippen molar-refractivity contribution in [3.05, 3.63) is 35.9 Å². The summed E-state index contributed by atoms with van der Waals surface area (Å²) in [5.41, 5.74) is 1.35. The van der Waals surface area contributed by atoms with E-state index in [2.05, 4.69) is 48.9 Å². The van der Waals surface area contributed by atoms with Crippen molar-refractivity contribution in [2.24, 2.45) is 0 Å². The van der Waals surface area contributed by atoms with Crippen LogP contribution < -0.4 is 0 Å². The molecule has 0 amide bonds. The fraction of sp³-hybridized carbons (Fsp3) is 0.429. The lowest BCUT2D eigenvalue weighted by Gasteiger charge is -2.25. The van der Waals surface area contributed by atoms with Crippen LogP contribution in [0.4, 0.5) is 0 Å². The van der Waals surface area contributed by atoms with Crippen molar-refractivity contribution in [1.82, 2.24) is 4.90 Å². The van der Waals surface area contributed by atoms with Gasteiger partial charge in [-0.25, -0.2) is 0 Å². The highest BCUT2D eigenvalue weighted by atomic mass is 15.1. The molecule has 0 saturated carbocycles. The first kappa shape index (κ1) is 11.8. The van der Waals surface area contributed by atoms with E-state index in [4.69, 9.17) is 6.42 Å². The molecule has 0 spiro atoms. The Hall–Kier alpha value is -1.26. The molecule has 0 atom stereocenters. The minimum atomic E-state index is 0.540. The van der Waals surface area contributed by atoms with Gasteiger partial charge in [0, 0.05) is 25.6 Å². The van der Waals surface area contributed by atoms with Crippen molar-refractivity contribution in [3.63, 3.8) is 0 Å². The van der Waals surface area contributed by atoms with Gasteiger partial charge >= 0.3 is 0 Å². The Balaban J connectivity index is 2.56. The lowest BCUT2D eigenvalue weighted by Crippen LogP contribution is -2.31. The van der Waals surface area contributed by atoms with Crippen LogP contribution in [-0.4, -0.2) is 17.5 Å². The molecule has 0 aliphatic heterocycles. The van der Waals surface area contributed by atoms with Gasteiger partial charge < -0.3 is 0 Å². The van der Waals surface area contributed by atoms with Crippen molar-refractivity contribution < 1.29 is 0 Å². The van der Waals surface area contributed by atoms with Crippen LogP contribution in [0.15, 0.2) is 30.3 Å². The Labute approximate surface area is 93.1 Å². The molecule has 0 fully saturated rings. The highest BCUT2D eigenvalue weighted by Gasteiger charge is 2.08. The molecule has 0 aromatic heterocycles. The number of terminal acetylenes is 1. The Morgan fingerprint density at radius 3 is 2.47 bits per heavy atom. The van der Waals surface area contributed by atoms with Gasteiger partial charge in [0.1, 0.15) is 0 Å². The summed E-state index contributed by atoms with van der Waals surface area (Å²) in [5, 5.41) is 0.